The first-order chi connectivity index (χ1) is 8.08. The van der Waals surface area contributed by atoms with Crippen LogP contribution in [-0.2, 0) is 0 Å². The highest BCUT2D eigenvalue weighted by molar-refractivity contribution is 6.36. The van der Waals surface area contributed by atoms with Gasteiger partial charge in [0.05, 0.1) is 10.6 Å². The third-order valence-electron chi connectivity index (χ3n) is 2.91. The van der Waals surface area contributed by atoms with Crippen LogP contribution in [0.1, 0.15) is 23.2 Å². The molecule has 17 heavy (non-hydrogen) atoms. The fourth-order valence-electron chi connectivity index (χ4n) is 2.03. The van der Waals surface area contributed by atoms with Gasteiger partial charge < -0.3 is 10.6 Å². The monoisotopic (exact) mass is 272 g/mol. The average molecular weight is 273 g/mol. The van der Waals surface area contributed by atoms with Crippen molar-refractivity contribution in [3.63, 3.8) is 0 Å². The normalized spacial score (nSPS) is 20.4. The number of hydrogen-bond donors (Lipinski definition) is 1. The van der Waals surface area contributed by atoms with Crippen LogP contribution in [0.5, 0.6) is 0 Å². The molecule has 3 nitrogen and oxygen atoms in total. The van der Waals surface area contributed by atoms with Crippen LogP contribution in [0.4, 0.5) is 0 Å². The minimum absolute atomic E-state index is 0.0678. The van der Waals surface area contributed by atoms with Crippen molar-refractivity contribution in [1.82, 2.24) is 4.90 Å². The average Bonchev–Trinajstić information content (AvgIpc) is 2.28. The Morgan fingerprint density at radius 1 is 1.41 bits per heavy atom. The molecule has 1 fully saturated rings. The zero-order valence-electron chi connectivity index (χ0n) is 9.33. The van der Waals surface area contributed by atoms with Gasteiger partial charge in [0.15, 0.2) is 0 Å². The van der Waals surface area contributed by atoms with Gasteiger partial charge in [-0.2, -0.15) is 0 Å². The van der Waals surface area contributed by atoms with E-state index < -0.39 is 0 Å². The highest BCUT2D eigenvalue weighted by Gasteiger charge is 2.23. The van der Waals surface area contributed by atoms with Crippen LogP contribution in [0.15, 0.2) is 18.2 Å². The molecule has 0 unspecified atom stereocenters. The summed E-state index contributed by atoms with van der Waals surface area (Å²) < 4.78 is 0. The molecule has 1 amide bonds. The number of carbonyl (C=O) groups is 1. The number of benzene rings is 1. The van der Waals surface area contributed by atoms with E-state index in [1.165, 1.54) is 0 Å². The molecule has 0 saturated carbocycles. The van der Waals surface area contributed by atoms with E-state index >= 15 is 0 Å². The molecule has 0 spiro atoms. The molecule has 2 rings (SSSR count). The van der Waals surface area contributed by atoms with Gasteiger partial charge in [-0.1, -0.05) is 23.2 Å². The molecule has 1 aromatic carbocycles. The zero-order valence-corrected chi connectivity index (χ0v) is 10.8. The predicted octanol–water partition coefficient (Wildman–Crippen LogP) is 2.56. The molecule has 1 aromatic rings. The minimum Gasteiger partial charge on any atom is -0.337 e. The SMILES string of the molecule is N[C@H]1CCCN(C(=O)c2ccc(Cl)cc2Cl)C1. The van der Waals surface area contributed by atoms with E-state index in [0.29, 0.717) is 22.2 Å². The Morgan fingerprint density at radius 3 is 2.82 bits per heavy atom. The molecule has 1 aliphatic rings. The second kappa shape index (κ2) is 5.25. The molecule has 0 radical (unpaired) electrons. The van der Waals surface area contributed by atoms with Gasteiger partial charge in [0.2, 0.25) is 0 Å². The van der Waals surface area contributed by atoms with E-state index in [9.17, 15) is 4.79 Å². The first-order valence-electron chi connectivity index (χ1n) is 5.58. The summed E-state index contributed by atoms with van der Waals surface area (Å²) in [6, 6.07) is 4.98. The number of nitrogens with zero attached hydrogens (tertiary/aromatic N) is 1. The summed E-state index contributed by atoms with van der Waals surface area (Å²) in [5.41, 5.74) is 6.35. The first kappa shape index (κ1) is 12.7. The van der Waals surface area contributed by atoms with Gasteiger partial charge in [0, 0.05) is 24.2 Å². The Kier molecular flexibility index (Phi) is 3.92. The van der Waals surface area contributed by atoms with Crippen molar-refractivity contribution in [3.05, 3.63) is 33.8 Å². The van der Waals surface area contributed by atoms with Crippen molar-refractivity contribution in [2.45, 2.75) is 18.9 Å². The molecule has 1 atom stereocenters. The van der Waals surface area contributed by atoms with Crippen LogP contribution >= 0.6 is 23.2 Å². The number of rotatable bonds is 1. The van der Waals surface area contributed by atoms with Crippen molar-refractivity contribution in [1.29, 1.82) is 0 Å². The number of likely N-dealkylation sites (tertiary alicyclic amines) is 1. The Morgan fingerprint density at radius 2 is 2.18 bits per heavy atom. The molecule has 1 saturated heterocycles. The molecular weight excluding hydrogens is 259 g/mol. The Labute approximate surface area is 110 Å². The van der Waals surface area contributed by atoms with E-state index in [1.807, 2.05) is 0 Å². The van der Waals surface area contributed by atoms with Crippen molar-refractivity contribution in [3.8, 4) is 0 Å². The maximum Gasteiger partial charge on any atom is 0.255 e. The lowest BCUT2D eigenvalue weighted by Gasteiger charge is -2.31. The van der Waals surface area contributed by atoms with E-state index in [4.69, 9.17) is 28.9 Å². The Bertz CT molecular complexity index is 437. The van der Waals surface area contributed by atoms with Gasteiger partial charge in [-0.25, -0.2) is 0 Å². The van der Waals surface area contributed by atoms with Crippen LogP contribution in [0.2, 0.25) is 10.0 Å². The maximum absolute atomic E-state index is 12.2. The predicted molar refractivity (Wildman–Crippen MR) is 69.6 cm³/mol. The van der Waals surface area contributed by atoms with Crippen molar-refractivity contribution >= 4 is 29.1 Å². The summed E-state index contributed by atoms with van der Waals surface area (Å²) in [5, 5.41) is 0.920. The van der Waals surface area contributed by atoms with Gasteiger partial charge in [-0.3, -0.25) is 4.79 Å². The summed E-state index contributed by atoms with van der Waals surface area (Å²) in [6.07, 6.45) is 1.91. The lowest BCUT2D eigenvalue weighted by atomic mass is 10.1. The van der Waals surface area contributed by atoms with Gasteiger partial charge in [0.25, 0.3) is 5.91 Å². The highest BCUT2D eigenvalue weighted by atomic mass is 35.5. The first-order valence-corrected chi connectivity index (χ1v) is 6.33. The van der Waals surface area contributed by atoms with E-state index in [-0.39, 0.29) is 11.9 Å². The Hall–Kier alpha value is -0.770. The number of hydrogen-bond acceptors (Lipinski definition) is 2. The van der Waals surface area contributed by atoms with Crippen LogP contribution < -0.4 is 5.73 Å². The smallest absolute Gasteiger partial charge is 0.255 e. The Balaban J connectivity index is 2.18. The number of halogens is 2. The quantitative estimate of drug-likeness (QED) is 0.854. The molecule has 1 aliphatic heterocycles. The lowest BCUT2D eigenvalue weighted by molar-refractivity contribution is 0.0709. The van der Waals surface area contributed by atoms with Crippen LogP contribution in [0, 0.1) is 0 Å². The van der Waals surface area contributed by atoms with Gasteiger partial charge in [-0.15, -0.1) is 0 Å². The standard InChI is InChI=1S/C12H14Cl2N2O/c13-8-3-4-10(11(14)6-8)12(17)16-5-1-2-9(15)7-16/h3-4,6,9H,1-2,5,7,15H2/t9-/m0/s1. The second-order valence-electron chi connectivity index (χ2n) is 4.28. The van der Waals surface area contributed by atoms with Gasteiger partial charge in [0.1, 0.15) is 0 Å². The molecule has 0 aliphatic carbocycles. The van der Waals surface area contributed by atoms with Gasteiger partial charge in [-0.05, 0) is 31.0 Å². The molecule has 1 heterocycles. The number of carbonyl (C=O) groups excluding carboxylic acids is 1. The molecule has 0 aromatic heterocycles. The molecule has 0 bridgehead atoms. The fourth-order valence-corrected chi connectivity index (χ4v) is 2.52. The van der Waals surface area contributed by atoms with Crippen LogP contribution in [0.25, 0.3) is 0 Å². The van der Waals surface area contributed by atoms with Crippen molar-refractivity contribution in [2.24, 2.45) is 5.73 Å². The van der Waals surface area contributed by atoms with E-state index in [1.54, 1.807) is 23.1 Å². The maximum atomic E-state index is 12.2. The molecule has 92 valence electrons. The van der Waals surface area contributed by atoms with Crippen molar-refractivity contribution in [2.75, 3.05) is 13.1 Å². The number of nitrogens with two attached hydrogens (primary N) is 1. The summed E-state index contributed by atoms with van der Waals surface area (Å²) in [6.45, 7) is 1.34. The van der Waals surface area contributed by atoms with E-state index in [2.05, 4.69) is 0 Å². The topological polar surface area (TPSA) is 46.3 Å². The van der Waals surface area contributed by atoms with Crippen molar-refractivity contribution < 1.29 is 4.79 Å². The minimum atomic E-state index is -0.0678. The summed E-state index contributed by atoms with van der Waals surface area (Å²) in [7, 11) is 0. The number of piperidine rings is 1. The van der Waals surface area contributed by atoms with Gasteiger partial charge >= 0.3 is 0 Å². The second-order valence-corrected chi connectivity index (χ2v) is 5.12. The number of amides is 1. The van der Waals surface area contributed by atoms with E-state index in [0.717, 1.165) is 19.4 Å². The third kappa shape index (κ3) is 2.92. The summed E-state index contributed by atoms with van der Waals surface area (Å²) >= 11 is 11.8. The summed E-state index contributed by atoms with van der Waals surface area (Å²) in [4.78, 5) is 14.0. The van der Waals surface area contributed by atoms with Crippen LogP contribution in [0.3, 0.4) is 0 Å². The molecule has 2 N–H and O–H groups in total. The fraction of sp³-hybridized carbons (Fsp3) is 0.417. The van der Waals surface area contributed by atoms with Crippen LogP contribution in [-0.4, -0.2) is 29.9 Å². The highest BCUT2D eigenvalue weighted by Crippen LogP contribution is 2.23. The molecular formula is C12H14Cl2N2O. The molecule has 5 heteroatoms. The lowest BCUT2D eigenvalue weighted by Crippen LogP contribution is -2.45. The summed E-state index contributed by atoms with van der Waals surface area (Å²) in [5.74, 6) is -0.0678. The zero-order chi connectivity index (χ0) is 12.4. The largest absolute Gasteiger partial charge is 0.337 e. The third-order valence-corrected chi connectivity index (χ3v) is 3.45.